The molecule has 4 heteroatoms. The molecule has 1 aliphatic heterocycles. The second-order valence-corrected chi connectivity index (χ2v) is 2.93. The van der Waals surface area contributed by atoms with E-state index in [1.807, 2.05) is 0 Å². The summed E-state index contributed by atoms with van der Waals surface area (Å²) in [6.07, 6.45) is -0.587. The molecule has 4 nitrogen and oxygen atoms in total. The van der Waals surface area contributed by atoms with Crippen molar-refractivity contribution >= 4 is 5.91 Å². The molecule has 0 aromatic rings. The van der Waals surface area contributed by atoms with Crippen molar-refractivity contribution in [3.05, 3.63) is 0 Å². The van der Waals surface area contributed by atoms with Crippen LogP contribution in [0.5, 0.6) is 0 Å². The summed E-state index contributed by atoms with van der Waals surface area (Å²) in [5, 5.41) is 17.5. The SMILES string of the molecule is CC(=O)N1CC[C@H](C(O)O)C1. The number of aliphatic hydroxyl groups is 2. The van der Waals surface area contributed by atoms with E-state index in [0.29, 0.717) is 19.5 Å². The van der Waals surface area contributed by atoms with Crippen LogP contribution in [0.1, 0.15) is 13.3 Å². The zero-order valence-electron chi connectivity index (χ0n) is 6.53. The molecular weight excluding hydrogens is 146 g/mol. The van der Waals surface area contributed by atoms with Crippen LogP contribution in [0.4, 0.5) is 0 Å². The third kappa shape index (κ3) is 1.91. The molecule has 0 bridgehead atoms. The maximum atomic E-state index is 10.8. The summed E-state index contributed by atoms with van der Waals surface area (Å²) in [6, 6.07) is 0. The first kappa shape index (κ1) is 8.49. The van der Waals surface area contributed by atoms with Gasteiger partial charge in [-0.05, 0) is 6.42 Å². The average Bonchev–Trinajstić information content (AvgIpc) is 2.33. The molecule has 1 aliphatic rings. The minimum atomic E-state index is -1.28. The third-order valence-electron chi connectivity index (χ3n) is 2.09. The molecule has 0 unspecified atom stereocenters. The number of aliphatic hydroxyl groups excluding tert-OH is 1. The molecule has 0 aromatic heterocycles. The van der Waals surface area contributed by atoms with Crippen molar-refractivity contribution in [1.82, 2.24) is 4.90 Å². The largest absolute Gasteiger partial charge is 0.368 e. The van der Waals surface area contributed by atoms with Crippen molar-refractivity contribution in [3.63, 3.8) is 0 Å². The number of likely N-dealkylation sites (tertiary alicyclic amines) is 1. The number of hydrogen-bond acceptors (Lipinski definition) is 3. The molecular formula is C7H13NO3. The van der Waals surface area contributed by atoms with Gasteiger partial charge in [0, 0.05) is 25.9 Å². The van der Waals surface area contributed by atoms with Gasteiger partial charge >= 0.3 is 0 Å². The van der Waals surface area contributed by atoms with Crippen LogP contribution in [-0.4, -0.2) is 40.4 Å². The molecule has 1 heterocycles. The molecule has 0 radical (unpaired) electrons. The van der Waals surface area contributed by atoms with Crippen molar-refractivity contribution in [2.45, 2.75) is 19.6 Å². The number of carbonyl (C=O) groups excluding carboxylic acids is 1. The lowest BCUT2D eigenvalue weighted by Crippen LogP contribution is -2.28. The van der Waals surface area contributed by atoms with Gasteiger partial charge in [0.1, 0.15) is 0 Å². The maximum Gasteiger partial charge on any atom is 0.219 e. The van der Waals surface area contributed by atoms with E-state index in [4.69, 9.17) is 10.2 Å². The molecule has 2 N–H and O–H groups in total. The van der Waals surface area contributed by atoms with Crippen LogP contribution in [0, 0.1) is 5.92 Å². The fourth-order valence-corrected chi connectivity index (χ4v) is 1.32. The Kier molecular flexibility index (Phi) is 2.46. The van der Waals surface area contributed by atoms with Gasteiger partial charge in [-0.25, -0.2) is 0 Å². The van der Waals surface area contributed by atoms with Crippen LogP contribution >= 0.6 is 0 Å². The molecule has 0 saturated carbocycles. The monoisotopic (exact) mass is 159 g/mol. The summed E-state index contributed by atoms with van der Waals surface area (Å²) in [5.41, 5.74) is 0. The summed E-state index contributed by atoms with van der Waals surface area (Å²) >= 11 is 0. The molecule has 1 atom stereocenters. The van der Waals surface area contributed by atoms with E-state index < -0.39 is 6.29 Å². The van der Waals surface area contributed by atoms with Crippen molar-refractivity contribution in [1.29, 1.82) is 0 Å². The Balaban J connectivity index is 2.41. The summed E-state index contributed by atoms with van der Waals surface area (Å²) in [5.74, 6) is -0.146. The number of amides is 1. The van der Waals surface area contributed by atoms with Crippen molar-refractivity contribution < 1.29 is 15.0 Å². The van der Waals surface area contributed by atoms with Crippen LogP contribution in [0.3, 0.4) is 0 Å². The Morgan fingerprint density at radius 1 is 1.64 bits per heavy atom. The van der Waals surface area contributed by atoms with Crippen molar-refractivity contribution in [3.8, 4) is 0 Å². The number of carbonyl (C=O) groups is 1. The Bertz CT molecular complexity index is 158. The van der Waals surface area contributed by atoms with Crippen LogP contribution in [0.2, 0.25) is 0 Å². The van der Waals surface area contributed by atoms with Crippen LogP contribution < -0.4 is 0 Å². The number of nitrogens with zero attached hydrogens (tertiary/aromatic N) is 1. The summed E-state index contributed by atoms with van der Waals surface area (Å²) in [6.45, 7) is 2.62. The van der Waals surface area contributed by atoms with E-state index in [0.717, 1.165) is 0 Å². The summed E-state index contributed by atoms with van der Waals surface area (Å²) < 4.78 is 0. The van der Waals surface area contributed by atoms with Gasteiger partial charge < -0.3 is 15.1 Å². The Labute approximate surface area is 65.4 Å². The normalized spacial score (nSPS) is 24.7. The number of hydrogen-bond donors (Lipinski definition) is 2. The quantitative estimate of drug-likeness (QED) is 0.491. The standard InChI is InChI=1S/C7H13NO3/c1-5(9)8-3-2-6(4-8)7(10)11/h6-7,10-11H,2-4H2,1H3/t6-/m0/s1. The Morgan fingerprint density at radius 3 is 2.55 bits per heavy atom. The summed E-state index contributed by atoms with van der Waals surface area (Å²) in [4.78, 5) is 12.4. The lowest BCUT2D eigenvalue weighted by Gasteiger charge is -2.14. The van der Waals surface area contributed by atoms with Crippen LogP contribution in [0.25, 0.3) is 0 Å². The molecule has 64 valence electrons. The fraction of sp³-hybridized carbons (Fsp3) is 0.857. The molecule has 0 aliphatic carbocycles. The van der Waals surface area contributed by atoms with E-state index in [1.54, 1.807) is 4.90 Å². The number of rotatable bonds is 1. The van der Waals surface area contributed by atoms with Gasteiger partial charge in [-0.1, -0.05) is 0 Å². The van der Waals surface area contributed by atoms with Gasteiger partial charge in [-0.2, -0.15) is 0 Å². The lowest BCUT2D eigenvalue weighted by molar-refractivity contribution is -0.128. The highest BCUT2D eigenvalue weighted by molar-refractivity contribution is 5.73. The predicted molar refractivity (Wildman–Crippen MR) is 38.6 cm³/mol. The molecule has 1 rings (SSSR count). The molecule has 11 heavy (non-hydrogen) atoms. The highest BCUT2D eigenvalue weighted by Crippen LogP contribution is 2.18. The Hall–Kier alpha value is -0.610. The van der Waals surface area contributed by atoms with E-state index in [1.165, 1.54) is 6.92 Å². The highest BCUT2D eigenvalue weighted by Gasteiger charge is 2.28. The maximum absolute atomic E-state index is 10.8. The van der Waals surface area contributed by atoms with Crippen molar-refractivity contribution in [2.75, 3.05) is 13.1 Å². The fourth-order valence-electron chi connectivity index (χ4n) is 1.32. The topological polar surface area (TPSA) is 60.8 Å². The van der Waals surface area contributed by atoms with E-state index in [9.17, 15) is 4.79 Å². The lowest BCUT2D eigenvalue weighted by atomic mass is 10.1. The van der Waals surface area contributed by atoms with Gasteiger partial charge in [-0.15, -0.1) is 0 Å². The van der Waals surface area contributed by atoms with Gasteiger partial charge in [-0.3, -0.25) is 4.79 Å². The summed E-state index contributed by atoms with van der Waals surface area (Å²) in [7, 11) is 0. The zero-order chi connectivity index (χ0) is 8.43. The van der Waals surface area contributed by atoms with E-state index in [-0.39, 0.29) is 11.8 Å². The minimum Gasteiger partial charge on any atom is -0.368 e. The van der Waals surface area contributed by atoms with Crippen LogP contribution in [-0.2, 0) is 4.79 Å². The first-order valence-corrected chi connectivity index (χ1v) is 3.73. The molecule has 1 fully saturated rings. The smallest absolute Gasteiger partial charge is 0.219 e. The second-order valence-electron chi connectivity index (χ2n) is 2.93. The second kappa shape index (κ2) is 3.19. The average molecular weight is 159 g/mol. The van der Waals surface area contributed by atoms with E-state index in [2.05, 4.69) is 0 Å². The third-order valence-corrected chi connectivity index (χ3v) is 2.09. The van der Waals surface area contributed by atoms with Gasteiger partial charge in [0.2, 0.25) is 5.91 Å². The highest BCUT2D eigenvalue weighted by atomic mass is 16.5. The van der Waals surface area contributed by atoms with Gasteiger partial charge in [0.15, 0.2) is 6.29 Å². The molecule has 0 aromatic carbocycles. The first-order valence-electron chi connectivity index (χ1n) is 3.73. The Morgan fingerprint density at radius 2 is 2.27 bits per heavy atom. The van der Waals surface area contributed by atoms with Gasteiger partial charge in [0.25, 0.3) is 0 Å². The predicted octanol–water partition coefficient (Wildman–Crippen LogP) is -0.835. The molecule has 0 spiro atoms. The van der Waals surface area contributed by atoms with Crippen molar-refractivity contribution in [2.24, 2.45) is 5.92 Å². The first-order chi connectivity index (χ1) is 5.11. The van der Waals surface area contributed by atoms with E-state index >= 15 is 0 Å². The molecule has 1 saturated heterocycles. The minimum absolute atomic E-state index is 0.00755. The van der Waals surface area contributed by atoms with Gasteiger partial charge in [0.05, 0.1) is 0 Å². The zero-order valence-corrected chi connectivity index (χ0v) is 6.53. The molecule has 1 amide bonds. The van der Waals surface area contributed by atoms with Crippen LogP contribution in [0.15, 0.2) is 0 Å².